The Balaban J connectivity index is 2.08. The van der Waals surface area contributed by atoms with Crippen LogP contribution in [0.25, 0.3) is 0 Å². The number of phenolic OH excluding ortho intramolecular Hbond substituents is 1. The smallest absolute Gasteiger partial charge is 0.347 e. The molecular weight excluding hydrogens is 472 g/mol. The second-order valence-electron chi connectivity index (χ2n) is 8.23. The molecule has 1 fully saturated rings. The van der Waals surface area contributed by atoms with E-state index >= 15 is 0 Å². The standard InChI is InChI=1S/C26H35ClN2O6/c1-6-34-23(30)16-35-29-20-9-7-8-19(14-20)12-10-17(2)11-13-21-25(31)22(15-28-33-5)18(3)24(27)26(21)32-4/h10-12,15,19,31H,6-9,13-14,16H2,1-5H3/b12-10+,17-11+,28-15+,29-20+. The summed E-state index contributed by atoms with van der Waals surface area (Å²) in [5.74, 6) is 0.430. The summed E-state index contributed by atoms with van der Waals surface area (Å²) in [7, 11) is 2.96. The lowest BCUT2D eigenvalue weighted by Crippen LogP contribution is -2.16. The third-order valence-corrected chi connectivity index (χ3v) is 6.17. The van der Waals surface area contributed by atoms with E-state index in [1.54, 1.807) is 13.8 Å². The predicted octanol–water partition coefficient (Wildman–Crippen LogP) is 5.51. The number of ether oxygens (including phenoxy) is 2. The third kappa shape index (κ3) is 8.31. The van der Waals surface area contributed by atoms with E-state index in [4.69, 9.17) is 30.7 Å². The quantitative estimate of drug-likeness (QED) is 0.184. The number of nitrogens with zero attached hydrogens (tertiary/aromatic N) is 2. The third-order valence-electron chi connectivity index (χ3n) is 5.72. The highest BCUT2D eigenvalue weighted by Gasteiger charge is 2.20. The molecule has 1 aliphatic carbocycles. The van der Waals surface area contributed by atoms with Crippen molar-refractivity contribution in [3.8, 4) is 11.5 Å². The molecule has 35 heavy (non-hydrogen) atoms. The molecule has 0 bridgehead atoms. The predicted molar refractivity (Wildman–Crippen MR) is 138 cm³/mol. The lowest BCUT2D eigenvalue weighted by molar-refractivity contribution is -0.148. The number of carbonyl (C=O) groups is 1. The molecule has 2 rings (SSSR count). The molecule has 1 saturated carbocycles. The Morgan fingerprint density at radius 2 is 2.09 bits per heavy atom. The summed E-state index contributed by atoms with van der Waals surface area (Å²) in [6.07, 6.45) is 11.8. The van der Waals surface area contributed by atoms with Crippen LogP contribution in [0.2, 0.25) is 5.02 Å². The highest BCUT2D eigenvalue weighted by Crippen LogP contribution is 2.41. The molecule has 1 aromatic rings. The fourth-order valence-corrected chi connectivity index (χ4v) is 4.15. The fraction of sp³-hybridized carbons (Fsp3) is 0.500. The van der Waals surface area contributed by atoms with Crippen molar-refractivity contribution < 1.29 is 29.0 Å². The molecule has 8 nitrogen and oxygen atoms in total. The molecule has 1 aliphatic rings. The number of oxime groups is 2. The number of benzene rings is 1. The Bertz CT molecular complexity index is 1000. The topological polar surface area (TPSA) is 98.9 Å². The van der Waals surface area contributed by atoms with Gasteiger partial charge in [0.1, 0.15) is 18.6 Å². The molecule has 192 valence electrons. The molecule has 0 spiro atoms. The number of esters is 1. The van der Waals surface area contributed by atoms with Crippen LogP contribution in [0.15, 0.2) is 34.1 Å². The number of phenols is 1. The van der Waals surface area contributed by atoms with Crippen molar-refractivity contribution >= 4 is 29.5 Å². The molecule has 1 N–H and O–H groups in total. The number of methoxy groups -OCH3 is 1. The van der Waals surface area contributed by atoms with Crippen molar-refractivity contribution in [2.75, 3.05) is 27.4 Å². The van der Waals surface area contributed by atoms with Gasteiger partial charge in [-0.05, 0) is 64.4 Å². The maximum Gasteiger partial charge on any atom is 0.347 e. The summed E-state index contributed by atoms with van der Waals surface area (Å²) in [4.78, 5) is 21.3. The van der Waals surface area contributed by atoms with E-state index in [-0.39, 0.29) is 12.4 Å². The van der Waals surface area contributed by atoms with E-state index in [2.05, 4.69) is 22.5 Å². The number of aromatic hydroxyl groups is 1. The van der Waals surface area contributed by atoms with Gasteiger partial charge in [-0.1, -0.05) is 45.7 Å². The van der Waals surface area contributed by atoms with Gasteiger partial charge in [-0.15, -0.1) is 0 Å². The average Bonchev–Trinajstić information content (AvgIpc) is 2.84. The Hall–Kier alpha value is -3.00. The Kier molecular flexibility index (Phi) is 11.6. The van der Waals surface area contributed by atoms with Crippen molar-refractivity contribution in [2.24, 2.45) is 16.2 Å². The van der Waals surface area contributed by atoms with Gasteiger partial charge in [0, 0.05) is 11.1 Å². The van der Waals surface area contributed by atoms with Crippen LogP contribution in [0.1, 0.15) is 56.2 Å². The number of rotatable bonds is 11. The highest BCUT2D eigenvalue weighted by atomic mass is 35.5. The molecule has 0 amide bonds. The summed E-state index contributed by atoms with van der Waals surface area (Å²) in [6.45, 7) is 5.70. The Morgan fingerprint density at radius 3 is 2.77 bits per heavy atom. The van der Waals surface area contributed by atoms with E-state index in [1.807, 2.05) is 13.0 Å². The van der Waals surface area contributed by atoms with Gasteiger partial charge in [-0.3, -0.25) is 0 Å². The number of hydrogen-bond acceptors (Lipinski definition) is 8. The fourth-order valence-electron chi connectivity index (χ4n) is 3.85. The van der Waals surface area contributed by atoms with E-state index in [9.17, 15) is 9.90 Å². The maximum absolute atomic E-state index is 11.4. The zero-order valence-corrected chi connectivity index (χ0v) is 21.9. The van der Waals surface area contributed by atoms with Crippen molar-refractivity contribution in [3.05, 3.63) is 45.5 Å². The first-order chi connectivity index (χ1) is 16.8. The van der Waals surface area contributed by atoms with Gasteiger partial charge in [0.25, 0.3) is 0 Å². The van der Waals surface area contributed by atoms with Crippen LogP contribution in [0.4, 0.5) is 0 Å². The van der Waals surface area contributed by atoms with Gasteiger partial charge >= 0.3 is 5.97 Å². The first-order valence-electron chi connectivity index (χ1n) is 11.6. The number of hydrogen-bond donors (Lipinski definition) is 1. The van der Waals surface area contributed by atoms with Crippen molar-refractivity contribution in [2.45, 2.75) is 52.9 Å². The summed E-state index contributed by atoms with van der Waals surface area (Å²) in [6, 6.07) is 0. The minimum atomic E-state index is -0.416. The number of allylic oxidation sites excluding steroid dienone is 4. The molecule has 0 aliphatic heterocycles. The van der Waals surface area contributed by atoms with Gasteiger partial charge in [0.15, 0.2) is 0 Å². The Morgan fingerprint density at radius 1 is 1.31 bits per heavy atom. The number of carbonyl (C=O) groups excluding carboxylic acids is 1. The van der Waals surface area contributed by atoms with Crippen LogP contribution in [0, 0.1) is 12.8 Å². The van der Waals surface area contributed by atoms with E-state index < -0.39 is 5.97 Å². The van der Waals surface area contributed by atoms with E-state index in [0.29, 0.717) is 46.4 Å². The molecule has 1 aromatic carbocycles. The van der Waals surface area contributed by atoms with Crippen molar-refractivity contribution in [1.29, 1.82) is 0 Å². The van der Waals surface area contributed by atoms with Crippen LogP contribution in [0.3, 0.4) is 0 Å². The van der Waals surface area contributed by atoms with Gasteiger partial charge in [-0.2, -0.15) is 0 Å². The van der Waals surface area contributed by atoms with Crippen LogP contribution in [-0.4, -0.2) is 50.4 Å². The average molecular weight is 507 g/mol. The van der Waals surface area contributed by atoms with E-state index in [0.717, 1.165) is 37.0 Å². The highest BCUT2D eigenvalue weighted by molar-refractivity contribution is 6.33. The lowest BCUT2D eigenvalue weighted by atomic mass is 9.87. The zero-order valence-electron chi connectivity index (χ0n) is 21.1. The molecule has 0 aromatic heterocycles. The first-order valence-corrected chi connectivity index (χ1v) is 12.0. The van der Waals surface area contributed by atoms with Gasteiger partial charge in [-0.25, -0.2) is 4.79 Å². The minimum absolute atomic E-state index is 0.0635. The first kappa shape index (κ1) is 28.2. The van der Waals surface area contributed by atoms with Gasteiger partial charge in [0.05, 0.1) is 30.7 Å². The van der Waals surface area contributed by atoms with Gasteiger partial charge in [0.2, 0.25) is 6.61 Å². The summed E-state index contributed by atoms with van der Waals surface area (Å²) < 4.78 is 10.3. The van der Waals surface area contributed by atoms with Crippen molar-refractivity contribution in [1.82, 2.24) is 0 Å². The number of halogens is 1. The largest absolute Gasteiger partial charge is 0.507 e. The summed E-state index contributed by atoms with van der Waals surface area (Å²) in [5, 5.41) is 19.2. The van der Waals surface area contributed by atoms with Crippen LogP contribution in [-0.2, 0) is 25.6 Å². The van der Waals surface area contributed by atoms with Crippen LogP contribution < -0.4 is 4.74 Å². The monoisotopic (exact) mass is 506 g/mol. The SMILES string of the molecule is CCOC(=O)CO/N=C1\CCCC(/C=C/C(C)=C/Cc2c(O)c(/C=N/OC)c(C)c(Cl)c2OC)C1. The van der Waals surface area contributed by atoms with Crippen LogP contribution in [0.5, 0.6) is 11.5 Å². The van der Waals surface area contributed by atoms with Crippen molar-refractivity contribution in [3.63, 3.8) is 0 Å². The second kappa shape index (κ2) is 14.4. The van der Waals surface area contributed by atoms with Crippen LogP contribution >= 0.6 is 11.6 Å². The lowest BCUT2D eigenvalue weighted by Gasteiger charge is -2.20. The normalized spacial score (nSPS) is 17.8. The van der Waals surface area contributed by atoms with E-state index in [1.165, 1.54) is 20.4 Å². The zero-order chi connectivity index (χ0) is 25.8. The molecule has 1 unspecified atom stereocenters. The molecule has 9 heteroatoms. The molecule has 1 atom stereocenters. The summed E-state index contributed by atoms with van der Waals surface area (Å²) in [5.41, 5.74) is 3.73. The second-order valence-corrected chi connectivity index (χ2v) is 8.61. The minimum Gasteiger partial charge on any atom is -0.507 e. The molecule has 0 heterocycles. The summed E-state index contributed by atoms with van der Waals surface area (Å²) >= 11 is 6.50. The Labute approximate surface area is 212 Å². The van der Waals surface area contributed by atoms with Gasteiger partial charge < -0.3 is 24.3 Å². The molecular formula is C26H35ClN2O6. The molecule has 0 radical (unpaired) electrons. The maximum atomic E-state index is 11.4. The molecule has 0 saturated heterocycles.